The van der Waals surface area contributed by atoms with Gasteiger partial charge in [-0.3, -0.25) is 0 Å². The summed E-state index contributed by atoms with van der Waals surface area (Å²) < 4.78 is 5.73. The van der Waals surface area contributed by atoms with Gasteiger partial charge in [0, 0.05) is 0 Å². The standard InChI is InChI=1S/C15H11ClO2.3CH3.Sn/c16-13-8-6-11(7-9-13)10-14(15(17)18)12-4-2-1-3-5-12;;;;/h1-10H,(H,17,18);3*1H3;/q;;;;+1/p-1/b14-10+;;;;. The van der Waals surface area contributed by atoms with Gasteiger partial charge in [0.05, 0.1) is 0 Å². The maximum absolute atomic E-state index is 12.6. The SMILES string of the molecule is [CH3][Sn]([CH3])([CH3])[O]C(=O)/C(=C/c1ccc(Cl)cc1)c1ccccc1. The number of hydrogen-bond acceptors (Lipinski definition) is 2. The van der Waals surface area contributed by atoms with Gasteiger partial charge in [0.2, 0.25) is 0 Å². The summed E-state index contributed by atoms with van der Waals surface area (Å²) in [6.07, 6.45) is 1.85. The molecule has 2 aromatic carbocycles. The monoisotopic (exact) mass is 422 g/mol. The molecule has 0 aliphatic rings. The molecule has 0 aromatic heterocycles. The number of hydrogen-bond donors (Lipinski definition) is 0. The fourth-order valence-corrected chi connectivity index (χ4v) is 3.96. The van der Waals surface area contributed by atoms with Gasteiger partial charge in [-0.2, -0.15) is 0 Å². The van der Waals surface area contributed by atoms with Crippen LogP contribution in [0, 0.1) is 0 Å². The van der Waals surface area contributed by atoms with Gasteiger partial charge >= 0.3 is 141 Å². The zero-order valence-electron chi connectivity index (χ0n) is 13.0. The summed E-state index contributed by atoms with van der Waals surface area (Å²) in [4.78, 5) is 18.8. The van der Waals surface area contributed by atoms with Gasteiger partial charge in [0.1, 0.15) is 0 Å². The Morgan fingerprint density at radius 3 is 2.14 bits per heavy atom. The second kappa shape index (κ2) is 7.34. The predicted octanol–water partition coefficient (Wildman–Crippen LogP) is 5.26. The first-order valence-electron chi connectivity index (χ1n) is 7.11. The quantitative estimate of drug-likeness (QED) is 0.382. The van der Waals surface area contributed by atoms with Crippen molar-refractivity contribution in [3.63, 3.8) is 0 Å². The summed E-state index contributed by atoms with van der Waals surface area (Å²) in [5, 5.41) is 0.673. The second-order valence-corrected chi connectivity index (χ2v) is 19.1. The third kappa shape index (κ3) is 5.18. The molecule has 0 aliphatic carbocycles. The molecule has 0 heterocycles. The van der Waals surface area contributed by atoms with Crippen molar-refractivity contribution in [3.8, 4) is 0 Å². The van der Waals surface area contributed by atoms with Crippen LogP contribution >= 0.6 is 11.6 Å². The van der Waals surface area contributed by atoms with Gasteiger partial charge in [-0.1, -0.05) is 0 Å². The van der Waals surface area contributed by atoms with Gasteiger partial charge < -0.3 is 0 Å². The molecule has 2 nitrogen and oxygen atoms in total. The molecule has 0 spiro atoms. The van der Waals surface area contributed by atoms with E-state index in [-0.39, 0.29) is 5.97 Å². The molecule has 0 bridgehead atoms. The summed E-state index contributed by atoms with van der Waals surface area (Å²) in [6.45, 7) is 0. The molecule has 22 heavy (non-hydrogen) atoms. The molecule has 4 heteroatoms. The Hall–Kier alpha value is -1.26. The summed E-state index contributed by atoms with van der Waals surface area (Å²) >= 11 is 3.23. The molecular weight excluding hydrogens is 402 g/mol. The molecule has 0 radical (unpaired) electrons. The Kier molecular flexibility index (Phi) is 5.70. The van der Waals surface area contributed by atoms with Crippen molar-refractivity contribution in [1.29, 1.82) is 0 Å². The Morgan fingerprint density at radius 2 is 1.59 bits per heavy atom. The van der Waals surface area contributed by atoms with E-state index in [2.05, 4.69) is 14.8 Å². The van der Waals surface area contributed by atoms with Crippen LogP contribution in [0.1, 0.15) is 11.1 Å². The molecule has 0 saturated heterocycles. The maximum atomic E-state index is 12.6. The van der Waals surface area contributed by atoms with Crippen molar-refractivity contribution in [1.82, 2.24) is 0 Å². The Labute approximate surface area is 141 Å². The van der Waals surface area contributed by atoms with Crippen LogP contribution in [0.25, 0.3) is 11.6 Å². The van der Waals surface area contributed by atoms with Crippen molar-refractivity contribution in [2.75, 3.05) is 0 Å². The van der Waals surface area contributed by atoms with E-state index in [0.29, 0.717) is 10.6 Å². The molecule has 0 fully saturated rings. The van der Waals surface area contributed by atoms with E-state index in [1.807, 2.05) is 60.7 Å². The summed E-state index contributed by atoms with van der Waals surface area (Å²) in [6, 6.07) is 17.0. The van der Waals surface area contributed by atoms with E-state index in [4.69, 9.17) is 14.7 Å². The minimum absolute atomic E-state index is 0.246. The molecule has 0 N–H and O–H groups in total. The molecular formula is C18H19ClO2Sn. The summed E-state index contributed by atoms with van der Waals surface area (Å²) in [5.41, 5.74) is 2.36. The summed E-state index contributed by atoms with van der Waals surface area (Å²) in [5.74, 6) is -0.246. The first-order chi connectivity index (χ1) is 10.3. The van der Waals surface area contributed by atoms with Crippen LogP contribution in [0.2, 0.25) is 19.8 Å². The van der Waals surface area contributed by atoms with E-state index in [9.17, 15) is 4.79 Å². The molecule has 2 aromatic rings. The normalized spacial score (nSPS) is 12.1. The van der Waals surface area contributed by atoms with Crippen molar-refractivity contribution >= 4 is 48.0 Å². The Bertz CT molecular complexity index is 670. The van der Waals surface area contributed by atoms with Crippen molar-refractivity contribution in [2.45, 2.75) is 14.8 Å². The van der Waals surface area contributed by atoms with Crippen LogP contribution in [0.15, 0.2) is 54.6 Å². The minimum atomic E-state index is -2.68. The van der Waals surface area contributed by atoms with Crippen LogP contribution in [0.5, 0.6) is 0 Å². The molecule has 0 saturated carbocycles. The average molecular weight is 422 g/mol. The number of carbonyl (C=O) groups excluding carboxylic acids is 1. The van der Waals surface area contributed by atoms with Gasteiger partial charge in [-0.05, 0) is 0 Å². The van der Waals surface area contributed by atoms with E-state index >= 15 is 0 Å². The van der Waals surface area contributed by atoms with Crippen molar-refractivity contribution < 1.29 is 7.87 Å². The zero-order valence-corrected chi connectivity index (χ0v) is 16.6. The molecule has 0 aliphatic heterocycles. The van der Waals surface area contributed by atoms with Crippen LogP contribution in [0.4, 0.5) is 0 Å². The van der Waals surface area contributed by atoms with Crippen LogP contribution in [-0.4, -0.2) is 24.8 Å². The average Bonchev–Trinajstić information content (AvgIpc) is 2.45. The van der Waals surface area contributed by atoms with E-state index in [0.717, 1.165) is 11.1 Å². The van der Waals surface area contributed by atoms with E-state index in [1.54, 1.807) is 0 Å². The topological polar surface area (TPSA) is 26.3 Å². The summed E-state index contributed by atoms with van der Waals surface area (Å²) in [7, 11) is 0. The molecule has 0 amide bonds. The predicted molar refractivity (Wildman–Crippen MR) is 95.2 cm³/mol. The Morgan fingerprint density at radius 1 is 1.00 bits per heavy atom. The van der Waals surface area contributed by atoms with E-state index in [1.165, 1.54) is 0 Å². The first-order valence-corrected chi connectivity index (χ1v) is 17.2. The van der Waals surface area contributed by atoms with Gasteiger partial charge in [-0.25, -0.2) is 0 Å². The molecule has 0 unspecified atom stereocenters. The number of rotatable bonds is 4. The number of benzene rings is 2. The van der Waals surface area contributed by atoms with Gasteiger partial charge in [0.15, 0.2) is 0 Å². The fraction of sp³-hybridized carbons (Fsp3) is 0.167. The Balaban J connectivity index is 2.42. The molecule has 0 atom stereocenters. The second-order valence-electron chi connectivity index (χ2n) is 5.98. The van der Waals surface area contributed by atoms with Gasteiger partial charge in [-0.15, -0.1) is 0 Å². The van der Waals surface area contributed by atoms with Crippen LogP contribution in [-0.2, 0) is 7.87 Å². The van der Waals surface area contributed by atoms with Crippen molar-refractivity contribution in [3.05, 3.63) is 70.7 Å². The zero-order chi connectivity index (χ0) is 16.2. The van der Waals surface area contributed by atoms with Crippen LogP contribution in [0.3, 0.4) is 0 Å². The van der Waals surface area contributed by atoms with Gasteiger partial charge in [0.25, 0.3) is 0 Å². The number of halogens is 1. The molecule has 2 rings (SSSR count). The number of carbonyl (C=O) groups is 1. The van der Waals surface area contributed by atoms with E-state index < -0.39 is 18.8 Å². The fourth-order valence-electron chi connectivity index (χ4n) is 1.94. The van der Waals surface area contributed by atoms with Crippen LogP contribution < -0.4 is 0 Å². The third-order valence-corrected chi connectivity index (χ3v) is 5.41. The molecule has 114 valence electrons. The first kappa shape index (κ1) is 17.1. The third-order valence-electron chi connectivity index (χ3n) is 2.88. The van der Waals surface area contributed by atoms with Crippen molar-refractivity contribution in [2.24, 2.45) is 0 Å².